The summed E-state index contributed by atoms with van der Waals surface area (Å²) < 4.78 is 5.93. The number of fused-ring (bicyclic) bond motifs is 1. The average Bonchev–Trinajstić information content (AvgIpc) is 2.99. The molecule has 138 valence electrons. The van der Waals surface area contributed by atoms with Crippen LogP contribution in [0.4, 0.5) is 5.69 Å². The molecule has 3 rings (SSSR count). The van der Waals surface area contributed by atoms with Crippen molar-refractivity contribution in [1.82, 2.24) is 5.43 Å². The zero-order valence-electron chi connectivity index (χ0n) is 13.8. The third-order valence-corrected chi connectivity index (χ3v) is 5.29. The van der Waals surface area contributed by atoms with E-state index in [4.69, 9.17) is 16.3 Å². The molecule has 1 amide bonds. The molecule has 0 spiro atoms. The van der Waals surface area contributed by atoms with E-state index in [0.717, 1.165) is 23.0 Å². The van der Waals surface area contributed by atoms with Gasteiger partial charge in [0.25, 0.3) is 11.6 Å². The molecule has 0 atom stereocenters. The largest absolute Gasteiger partial charge is 0.507 e. The van der Waals surface area contributed by atoms with Gasteiger partial charge in [-0.15, -0.1) is 11.3 Å². The molecule has 0 saturated carbocycles. The topological polar surface area (TPSA) is 114 Å². The highest BCUT2D eigenvalue weighted by Gasteiger charge is 2.17. The number of hydrazone groups is 1. The molecular formula is C17H12ClN3O5S. The van der Waals surface area contributed by atoms with Gasteiger partial charge in [0.05, 0.1) is 23.3 Å². The van der Waals surface area contributed by atoms with Crippen molar-refractivity contribution < 1.29 is 19.6 Å². The molecule has 0 unspecified atom stereocenters. The highest BCUT2D eigenvalue weighted by atomic mass is 35.5. The van der Waals surface area contributed by atoms with E-state index in [1.54, 1.807) is 25.3 Å². The van der Waals surface area contributed by atoms with Crippen molar-refractivity contribution >= 4 is 50.8 Å². The number of phenolic OH excluding ortho intramolecular Hbond substituents is 1. The fraction of sp³-hybridized carbons (Fsp3) is 0.0588. The van der Waals surface area contributed by atoms with E-state index >= 15 is 0 Å². The minimum atomic E-state index is -0.597. The van der Waals surface area contributed by atoms with E-state index in [1.807, 2.05) is 0 Å². The summed E-state index contributed by atoms with van der Waals surface area (Å²) in [5, 5.41) is 25.3. The van der Waals surface area contributed by atoms with Crippen LogP contribution in [0.15, 0.2) is 41.5 Å². The SMILES string of the molecule is COc1ccc2c(Cl)c(C(=O)N/N=C\c3cc([N+](=O)[O-])ccc3O)sc2c1. The van der Waals surface area contributed by atoms with Crippen LogP contribution in [0.1, 0.15) is 15.2 Å². The van der Waals surface area contributed by atoms with E-state index < -0.39 is 10.8 Å². The number of hydrogen-bond acceptors (Lipinski definition) is 7. The number of non-ortho nitro benzene ring substituents is 1. The number of hydrogen-bond donors (Lipinski definition) is 2. The Morgan fingerprint density at radius 1 is 1.37 bits per heavy atom. The molecule has 0 aliphatic rings. The Hall–Kier alpha value is -3.17. The van der Waals surface area contributed by atoms with Gasteiger partial charge in [0.1, 0.15) is 16.4 Å². The van der Waals surface area contributed by atoms with E-state index in [9.17, 15) is 20.0 Å². The molecule has 10 heteroatoms. The number of carbonyl (C=O) groups excluding carboxylic acids is 1. The summed E-state index contributed by atoms with van der Waals surface area (Å²) >= 11 is 7.45. The highest BCUT2D eigenvalue weighted by Crippen LogP contribution is 2.37. The maximum Gasteiger partial charge on any atom is 0.283 e. The van der Waals surface area contributed by atoms with Crippen LogP contribution in [0.3, 0.4) is 0 Å². The molecular weight excluding hydrogens is 394 g/mol. The molecule has 0 saturated heterocycles. The standard InChI is InChI=1S/C17H12ClN3O5S/c1-26-11-3-4-12-14(7-11)27-16(15(12)18)17(23)20-19-8-9-6-10(21(24)25)2-5-13(9)22/h2-8,22H,1H3,(H,20,23)/b19-8-. The van der Waals surface area contributed by atoms with Crippen LogP contribution >= 0.6 is 22.9 Å². The van der Waals surface area contributed by atoms with Crippen molar-refractivity contribution in [3.63, 3.8) is 0 Å². The average molecular weight is 406 g/mol. The fourth-order valence-electron chi connectivity index (χ4n) is 2.29. The summed E-state index contributed by atoms with van der Waals surface area (Å²) in [6, 6.07) is 8.75. The minimum absolute atomic E-state index is 0.0941. The summed E-state index contributed by atoms with van der Waals surface area (Å²) in [5.41, 5.74) is 2.19. The highest BCUT2D eigenvalue weighted by molar-refractivity contribution is 7.21. The Bertz CT molecular complexity index is 1080. The second-order valence-electron chi connectivity index (χ2n) is 5.31. The number of amides is 1. The molecule has 0 bridgehead atoms. The molecule has 3 aromatic rings. The summed E-state index contributed by atoms with van der Waals surface area (Å²) in [4.78, 5) is 22.8. The van der Waals surface area contributed by atoms with Crippen LogP contribution in [0, 0.1) is 10.1 Å². The third kappa shape index (κ3) is 3.83. The number of phenols is 1. The van der Waals surface area contributed by atoms with Crippen molar-refractivity contribution in [1.29, 1.82) is 0 Å². The Morgan fingerprint density at radius 2 is 2.15 bits per heavy atom. The van der Waals surface area contributed by atoms with Gasteiger partial charge in [0.2, 0.25) is 0 Å². The lowest BCUT2D eigenvalue weighted by Gasteiger charge is -2.00. The summed E-state index contributed by atoms with van der Waals surface area (Å²) in [5.74, 6) is -0.0986. The Balaban J connectivity index is 1.81. The predicted octanol–water partition coefficient (Wildman–Crippen LogP) is 3.94. The van der Waals surface area contributed by atoms with Gasteiger partial charge in [-0.3, -0.25) is 14.9 Å². The zero-order valence-corrected chi connectivity index (χ0v) is 15.4. The molecule has 2 N–H and O–H groups in total. The number of nitro benzene ring substituents is 1. The van der Waals surface area contributed by atoms with Gasteiger partial charge in [-0.1, -0.05) is 11.6 Å². The molecule has 27 heavy (non-hydrogen) atoms. The van der Waals surface area contributed by atoms with Gasteiger partial charge in [-0.25, -0.2) is 5.43 Å². The van der Waals surface area contributed by atoms with Gasteiger partial charge in [-0.2, -0.15) is 5.10 Å². The number of nitro groups is 1. The number of methoxy groups -OCH3 is 1. The lowest BCUT2D eigenvalue weighted by Crippen LogP contribution is -2.16. The number of ether oxygens (including phenoxy) is 1. The van der Waals surface area contributed by atoms with Gasteiger partial charge in [0.15, 0.2) is 0 Å². The third-order valence-electron chi connectivity index (χ3n) is 3.63. The van der Waals surface area contributed by atoms with E-state index in [-0.39, 0.29) is 21.9 Å². The number of halogens is 1. The van der Waals surface area contributed by atoms with Crippen LogP contribution in [0.5, 0.6) is 11.5 Å². The van der Waals surface area contributed by atoms with Crippen molar-refractivity contribution in [2.75, 3.05) is 7.11 Å². The summed E-state index contributed by atoms with van der Waals surface area (Å²) in [6.45, 7) is 0. The van der Waals surface area contributed by atoms with Crippen molar-refractivity contribution in [3.05, 3.63) is 62.0 Å². The molecule has 0 aliphatic heterocycles. The lowest BCUT2D eigenvalue weighted by atomic mass is 10.2. The van der Waals surface area contributed by atoms with Gasteiger partial charge >= 0.3 is 0 Å². The van der Waals surface area contributed by atoms with Crippen LogP contribution in [0.2, 0.25) is 5.02 Å². The van der Waals surface area contributed by atoms with Gasteiger partial charge in [-0.05, 0) is 24.3 Å². The maximum absolute atomic E-state index is 12.3. The quantitative estimate of drug-likeness (QED) is 0.379. The Kier molecular flexibility index (Phi) is 5.24. The van der Waals surface area contributed by atoms with Crippen molar-refractivity contribution in [2.24, 2.45) is 5.10 Å². The van der Waals surface area contributed by atoms with Crippen LogP contribution in [-0.2, 0) is 0 Å². The van der Waals surface area contributed by atoms with E-state index in [1.165, 1.54) is 17.4 Å². The summed E-state index contributed by atoms with van der Waals surface area (Å²) in [7, 11) is 1.54. The van der Waals surface area contributed by atoms with Crippen molar-refractivity contribution in [3.8, 4) is 11.5 Å². The number of carbonyl (C=O) groups is 1. The van der Waals surface area contributed by atoms with E-state index in [0.29, 0.717) is 16.2 Å². The smallest absolute Gasteiger partial charge is 0.283 e. The normalized spacial score (nSPS) is 11.0. The van der Waals surface area contributed by atoms with Gasteiger partial charge in [0, 0.05) is 27.8 Å². The number of nitrogens with zero attached hydrogens (tertiary/aromatic N) is 2. The number of benzene rings is 2. The first-order valence-corrected chi connectivity index (χ1v) is 8.67. The molecule has 8 nitrogen and oxygen atoms in total. The van der Waals surface area contributed by atoms with Crippen LogP contribution < -0.4 is 10.2 Å². The molecule has 0 fully saturated rings. The molecule has 0 aliphatic carbocycles. The Morgan fingerprint density at radius 3 is 2.85 bits per heavy atom. The van der Waals surface area contributed by atoms with Crippen molar-refractivity contribution in [2.45, 2.75) is 0 Å². The van der Waals surface area contributed by atoms with Crippen LogP contribution in [0.25, 0.3) is 10.1 Å². The minimum Gasteiger partial charge on any atom is -0.507 e. The molecule has 2 aromatic carbocycles. The lowest BCUT2D eigenvalue weighted by molar-refractivity contribution is -0.384. The first kappa shape index (κ1) is 18.6. The number of aromatic hydroxyl groups is 1. The molecule has 0 radical (unpaired) electrons. The first-order chi connectivity index (χ1) is 12.9. The predicted molar refractivity (Wildman–Crippen MR) is 103 cm³/mol. The van der Waals surface area contributed by atoms with Crippen LogP contribution in [-0.4, -0.2) is 29.3 Å². The van der Waals surface area contributed by atoms with Gasteiger partial charge < -0.3 is 9.84 Å². The fourth-order valence-corrected chi connectivity index (χ4v) is 3.72. The van der Waals surface area contributed by atoms with E-state index in [2.05, 4.69) is 10.5 Å². The second-order valence-corrected chi connectivity index (χ2v) is 6.74. The summed E-state index contributed by atoms with van der Waals surface area (Å²) in [6.07, 6.45) is 1.12. The number of rotatable bonds is 5. The second kappa shape index (κ2) is 7.60. The maximum atomic E-state index is 12.3. The first-order valence-electron chi connectivity index (χ1n) is 7.47. The molecule has 1 aromatic heterocycles. The Labute approximate surface area is 161 Å². The molecule has 1 heterocycles. The zero-order chi connectivity index (χ0) is 19.6. The number of nitrogens with one attached hydrogen (secondary N) is 1. The monoisotopic (exact) mass is 405 g/mol. The number of thiophene rings is 1.